The number of halogens is 2. The maximum absolute atomic E-state index is 13.9. The predicted octanol–water partition coefficient (Wildman–Crippen LogP) is 5.16. The van der Waals surface area contributed by atoms with Crippen LogP contribution in [0.25, 0.3) is 0 Å². The van der Waals surface area contributed by atoms with Crippen molar-refractivity contribution < 1.29 is 9.18 Å². The van der Waals surface area contributed by atoms with Crippen LogP contribution < -0.4 is 0 Å². The summed E-state index contributed by atoms with van der Waals surface area (Å²) in [5, 5.41) is 0. The van der Waals surface area contributed by atoms with E-state index in [0.717, 1.165) is 17.3 Å². The molecule has 1 fully saturated rings. The number of carbonyl (C=O) groups excluding carboxylic acids is 1. The predicted molar refractivity (Wildman–Crippen MR) is 83.1 cm³/mol. The first kappa shape index (κ1) is 15.7. The van der Waals surface area contributed by atoms with Gasteiger partial charge in [-0.25, -0.2) is 4.39 Å². The molecule has 0 heterocycles. The van der Waals surface area contributed by atoms with Crippen LogP contribution in [0, 0.1) is 23.1 Å². The number of benzene rings is 1. The number of hydrogen-bond acceptors (Lipinski definition) is 1. The normalized spacial score (nSPS) is 23.9. The average Bonchev–Trinajstić information content (AvgIpc) is 2.33. The van der Waals surface area contributed by atoms with Crippen LogP contribution in [0.1, 0.15) is 45.6 Å². The van der Waals surface area contributed by atoms with Crippen molar-refractivity contribution in [1.82, 2.24) is 0 Å². The summed E-state index contributed by atoms with van der Waals surface area (Å²) in [6.07, 6.45) is 3.04. The highest BCUT2D eigenvalue weighted by Gasteiger charge is 2.35. The van der Waals surface area contributed by atoms with E-state index in [9.17, 15) is 9.18 Å². The Morgan fingerprint density at radius 1 is 1.35 bits per heavy atom. The van der Waals surface area contributed by atoms with Crippen molar-refractivity contribution in [2.24, 2.45) is 17.3 Å². The molecule has 2 rings (SSSR count). The van der Waals surface area contributed by atoms with Gasteiger partial charge in [0.2, 0.25) is 0 Å². The summed E-state index contributed by atoms with van der Waals surface area (Å²) in [6, 6.07) is 5.10. The largest absolute Gasteiger partial charge is 0.299 e. The zero-order valence-electron chi connectivity index (χ0n) is 12.4. The minimum Gasteiger partial charge on any atom is -0.299 e. The summed E-state index contributed by atoms with van der Waals surface area (Å²) in [4.78, 5) is 12.1. The summed E-state index contributed by atoms with van der Waals surface area (Å²) in [6.45, 7) is 6.68. The second-order valence-electron chi connectivity index (χ2n) is 6.94. The molecule has 0 aliphatic heterocycles. The minimum absolute atomic E-state index is 0.0244. The van der Waals surface area contributed by atoms with Crippen molar-refractivity contribution in [2.45, 2.75) is 46.5 Å². The first-order valence-electron chi connectivity index (χ1n) is 7.24. The highest BCUT2D eigenvalue weighted by atomic mass is 79.9. The molecule has 0 N–H and O–H groups in total. The van der Waals surface area contributed by atoms with Crippen molar-refractivity contribution >= 4 is 21.7 Å². The van der Waals surface area contributed by atoms with Gasteiger partial charge in [0.25, 0.3) is 0 Å². The van der Waals surface area contributed by atoms with Crippen LogP contribution in [-0.4, -0.2) is 5.78 Å². The van der Waals surface area contributed by atoms with Gasteiger partial charge < -0.3 is 0 Å². The van der Waals surface area contributed by atoms with E-state index in [0.29, 0.717) is 30.1 Å². The maximum atomic E-state index is 13.9. The van der Waals surface area contributed by atoms with Gasteiger partial charge >= 0.3 is 0 Å². The molecule has 1 saturated carbocycles. The molecule has 3 heteroatoms. The Hall–Kier alpha value is -0.700. The third kappa shape index (κ3) is 3.69. The SMILES string of the molecule is CC(C)(C)C1CCC(=O)C(Cc2ccc(Br)cc2F)C1. The Morgan fingerprint density at radius 2 is 2.05 bits per heavy atom. The lowest BCUT2D eigenvalue weighted by molar-refractivity contribution is -0.126. The van der Waals surface area contributed by atoms with Gasteiger partial charge in [-0.05, 0) is 48.3 Å². The highest BCUT2D eigenvalue weighted by Crippen LogP contribution is 2.40. The highest BCUT2D eigenvalue weighted by molar-refractivity contribution is 9.10. The van der Waals surface area contributed by atoms with Gasteiger partial charge in [0.05, 0.1) is 0 Å². The number of ketones is 1. The van der Waals surface area contributed by atoms with Crippen LogP contribution in [0.3, 0.4) is 0 Å². The fraction of sp³-hybridized carbons (Fsp3) is 0.588. The van der Waals surface area contributed by atoms with Crippen molar-refractivity contribution in [3.8, 4) is 0 Å². The second-order valence-corrected chi connectivity index (χ2v) is 7.86. The Bertz CT molecular complexity index is 504. The molecule has 0 spiro atoms. The Labute approximate surface area is 129 Å². The average molecular weight is 341 g/mol. The molecule has 2 unspecified atom stereocenters. The maximum Gasteiger partial charge on any atom is 0.136 e. The van der Waals surface area contributed by atoms with Crippen LogP contribution >= 0.6 is 15.9 Å². The molecule has 0 saturated heterocycles. The fourth-order valence-electron chi connectivity index (χ4n) is 3.05. The van der Waals surface area contributed by atoms with E-state index in [2.05, 4.69) is 36.7 Å². The summed E-state index contributed by atoms with van der Waals surface area (Å²) in [5.41, 5.74) is 0.873. The Morgan fingerprint density at radius 3 is 2.65 bits per heavy atom. The van der Waals surface area contributed by atoms with Crippen molar-refractivity contribution in [2.75, 3.05) is 0 Å². The zero-order chi connectivity index (χ0) is 14.9. The van der Waals surface area contributed by atoms with E-state index in [1.54, 1.807) is 6.07 Å². The van der Waals surface area contributed by atoms with Crippen LogP contribution in [0.15, 0.2) is 22.7 Å². The molecule has 1 nitrogen and oxygen atoms in total. The summed E-state index contributed by atoms with van der Waals surface area (Å²) >= 11 is 3.26. The molecule has 0 bridgehead atoms. The second kappa shape index (κ2) is 5.97. The third-order valence-electron chi connectivity index (χ3n) is 4.47. The summed E-state index contributed by atoms with van der Waals surface area (Å²) < 4.78 is 14.7. The van der Waals surface area contributed by atoms with Gasteiger partial charge in [-0.15, -0.1) is 0 Å². The van der Waals surface area contributed by atoms with Gasteiger partial charge in [-0.1, -0.05) is 42.8 Å². The smallest absolute Gasteiger partial charge is 0.136 e. The number of Topliss-reactive ketones (excluding diaryl/α,β-unsaturated/α-hetero) is 1. The first-order chi connectivity index (χ1) is 9.27. The number of carbonyl (C=O) groups is 1. The zero-order valence-corrected chi connectivity index (χ0v) is 14.0. The molecule has 0 radical (unpaired) electrons. The lowest BCUT2D eigenvalue weighted by atomic mass is 9.67. The molecular formula is C17H22BrFO. The van der Waals surface area contributed by atoms with Crippen LogP contribution in [0.4, 0.5) is 4.39 Å². The van der Waals surface area contributed by atoms with Gasteiger partial charge in [0.1, 0.15) is 11.6 Å². The summed E-state index contributed by atoms with van der Waals surface area (Å²) in [7, 11) is 0. The first-order valence-corrected chi connectivity index (χ1v) is 8.03. The molecule has 1 aromatic rings. The summed E-state index contributed by atoms with van der Waals surface area (Å²) in [5.74, 6) is 0.602. The molecule has 110 valence electrons. The number of rotatable bonds is 2. The van der Waals surface area contributed by atoms with Crippen molar-refractivity contribution in [3.05, 3.63) is 34.1 Å². The van der Waals surface area contributed by atoms with E-state index in [1.165, 1.54) is 6.07 Å². The molecule has 0 amide bonds. The van der Waals surface area contributed by atoms with E-state index in [4.69, 9.17) is 0 Å². The van der Waals surface area contributed by atoms with E-state index < -0.39 is 0 Å². The fourth-order valence-corrected chi connectivity index (χ4v) is 3.38. The van der Waals surface area contributed by atoms with Gasteiger partial charge in [-0.2, -0.15) is 0 Å². The Kier molecular flexibility index (Phi) is 4.68. The quantitative estimate of drug-likeness (QED) is 0.726. The van der Waals surface area contributed by atoms with Gasteiger partial charge in [0, 0.05) is 16.8 Å². The lowest BCUT2D eigenvalue weighted by Crippen LogP contribution is -2.33. The molecular weight excluding hydrogens is 319 g/mol. The van der Waals surface area contributed by atoms with E-state index >= 15 is 0 Å². The molecule has 2 atom stereocenters. The van der Waals surface area contributed by atoms with Crippen LogP contribution in [-0.2, 0) is 11.2 Å². The van der Waals surface area contributed by atoms with Gasteiger partial charge in [0.15, 0.2) is 0 Å². The van der Waals surface area contributed by atoms with Crippen molar-refractivity contribution in [1.29, 1.82) is 0 Å². The number of hydrogen-bond donors (Lipinski definition) is 0. The molecule has 20 heavy (non-hydrogen) atoms. The van der Waals surface area contributed by atoms with E-state index in [-0.39, 0.29) is 17.2 Å². The van der Waals surface area contributed by atoms with Crippen LogP contribution in [0.5, 0.6) is 0 Å². The Balaban J connectivity index is 2.12. The standard InChI is InChI=1S/C17H22BrFO/c1-17(2,3)13-5-7-16(20)12(9-13)8-11-4-6-14(18)10-15(11)19/h4,6,10,12-13H,5,7-9H2,1-3H3. The topological polar surface area (TPSA) is 17.1 Å². The van der Waals surface area contributed by atoms with E-state index in [1.807, 2.05) is 6.07 Å². The lowest BCUT2D eigenvalue weighted by Gasteiger charge is -2.37. The molecule has 1 aromatic carbocycles. The van der Waals surface area contributed by atoms with Crippen LogP contribution in [0.2, 0.25) is 0 Å². The molecule has 1 aliphatic carbocycles. The van der Waals surface area contributed by atoms with Crippen molar-refractivity contribution in [3.63, 3.8) is 0 Å². The molecule has 0 aromatic heterocycles. The molecule has 1 aliphatic rings. The van der Waals surface area contributed by atoms with Gasteiger partial charge in [-0.3, -0.25) is 4.79 Å². The monoisotopic (exact) mass is 340 g/mol. The third-order valence-corrected chi connectivity index (χ3v) is 4.96. The minimum atomic E-state index is -0.218.